The van der Waals surface area contributed by atoms with E-state index in [0.29, 0.717) is 12.2 Å². The smallest absolute Gasteiger partial charge is 0.224 e. The Labute approximate surface area is 80.8 Å². The first-order valence-corrected chi connectivity index (χ1v) is 4.32. The topological polar surface area (TPSA) is 38.3 Å². The Morgan fingerprint density at radius 2 is 2.23 bits per heavy atom. The standard InChI is InChI=1S/C9H8ClNO2/c10-13-7-3-1-6-2-4-9(12)11-8(6)5-7/h1,3,5H,2,4H2,(H,11,12). The molecule has 0 saturated carbocycles. The summed E-state index contributed by atoms with van der Waals surface area (Å²) in [6, 6.07) is 5.41. The van der Waals surface area contributed by atoms with Crippen molar-refractivity contribution in [3.05, 3.63) is 23.8 Å². The third-order valence-electron chi connectivity index (χ3n) is 2.07. The van der Waals surface area contributed by atoms with Crippen molar-refractivity contribution >= 4 is 23.5 Å². The number of fused-ring (bicyclic) bond motifs is 1. The number of hydrogen-bond donors (Lipinski definition) is 1. The zero-order valence-electron chi connectivity index (χ0n) is 6.84. The number of hydrogen-bond acceptors (Lipinski definition) is 2. The molecular weight excluding hydrogens is 190 g/mol. The zero-order chi connectivity index (χ0) is 9.26. The van der Waals surface area contributed by atoms with Crippen molar-refractivity contribution in [2.24, 2.45) is 0 Å². The van der Waals surface area contributed by atoms with E-state index in [9.17, 15) is 4.79 Å². The molecule has 0 atom stereocenters. The number of amides is 1. The summed E-state index contributed by atoms with van der Waals surface area (Å²) in [5, 5.41) is 2.76. The molecule has 1 amide bonds. The molecule has 0 radical (unpaired) electrons. The summed E-state index contributed by atoms with van der Waals surface area (Å²) in [6.45, 7) is 0. The summed E-state index contributed by atoms with van der Waals surface area (Å²) in [4.78, 5) is 11.0. The minimum absolute atomic E-state index is 0.0409. The molecule has 0 fully saturated rings. The van der Waals surface area contributed by atoms with Crippen LogP contribution < -0.4 is 9.61 Å². The van der Waals surface area contributed by atoms with Crippen LogP contribution in [0.5, 0.6) is 5.75 Å². The molecule has 0 saturated heterocycles. The Kier molecular flexibility index (Phi) is 2.10. The van der Waals surface area contributed by atoms with Crippen LogP contribution in [0.2, 0.25) is 0 Å². The first-order chi connectivity index (χ1) is 6.29. The van der Waals surface area contributed by atoms with Gasteiger partial charge in [0.15, 0.2) is 0 Å². The van der Waals surface area contributed by atoms with Gasteiger partial charge < -0.3 is 9.61 Å². The Hall–Kier alpha value is -1.22. The van der Waals surface area contributed by atoms with E-state index in [1.165, 1.54) is 0 Å². The van der Waals surface area contributed by atoms with Crippen LogP contribution in [0, 0.1) is 0 Å². The lowest BCUT2D eigenvalue weighted by molar-refractivity contribution is -0.116. The molecule has 1 heterocycles. The lowest BCUT2D eigenvalue weighted by Crippen LogP contribution is -2.18. The second-order valence-electron chi connectivity index (χ2n) is 2.94. The van der Waals surface area contributed by atoms with Gasteiger partial charge >= 0.3 is 0 Å². The van der Waals surface area contributed by atoms with E-state index < -0.39 is 0 Å². The predicted octanol–water partition coefficient (Wildman–Crippen LogP) is 2.10. The normalized spacial score (nSPS) is 14.7. The molecular formula is C9H8ClNO2. The molecule has 1 aromatic carbocycles. The van der Waals surface area contributed by atoms with Crippen LogP contribution in [-0.2, 0) is 11.2 Å². The number of rotatable bonds is 1. The number of aryl methyl sites for hydroxylation is 1. The van der Waals surface area contributed by atoms with Gasteiger partial charge in [0.2, 0.25) is 5.91 Å². The van der Waals surface area contributed by atoms with E-state index >= 15 is 0 Å². The van der Waals surface area contributed by atoms with Gasteiger partial charge in [-0.2, -0.15) is 0 Å². The summed E-state index contributed by atoms with van der Waals surface area (Å²) in [5.41, 5.74) is 1.92. The van der Waals surface area contributed by atoms with Crippen molar-refractivity contribution in [3.63, 3.8) is 0 Å². The first kappa shape index (κ1) is 8.38. The molecule has 0 bridgehead atoms. The molecule has 3 nitrogen and oxygen atoms in total. The van der Waals surface area contributed by atoms with Crippen LogP contribution in [0.3, 0.4) is 0 Å². The van der Waals surface area contributed by atoms with Gasteiger partial charge in [-0.25, -0.2) is 0 Å². The maximum Gasteiger partial charge on any atom is 0.224 e. The second-order valence-corrected chi connectivity index (χ2v) is 3.10. The van der Waals surface area contributed by atoms with Gasteiger partial charge in [-0.05, 0) is 18.1 Å². The first-order valence-electron chi connectivity index (χ1n) is 4.01. The molecule has 68 valence electrons. The highest BCUT2D eigenvalue weighted by atomic mass is 35.5. The van der Waals surface area contributed by atoms with E-state index in [1.807, 2.05) is 6.07 Å². The average Bonchev–Trinajstić information content (AvgIpc) is 2.16. The lowest BCUT2D eigenvalue weighted by Gasteiger charge is -2.16. The summed E-state index contributed by atoms with van der Waals surface area (Å²) in [5.74, 6) is 0.585. The number of halogens is 1. The number of carbonyl (C=O) groups excluding carboxylic acids is 1. The quantitative estimate of drug-likeness (QED) is 0.749. The van der Waals surface area contributed by atoms with Crippen LogP contribution >= 0.6 is 11.9 Å². The van der Waals surface area contributed by atoms with Crippen molar-refractivity contribution in [1.29, 1.82) is 0 Å². The summed E-state index contributed by atoms with van der Waals surface area (Å²) in [7, 11) is 0. The van der Waals surface area contributed by atoms with Crippen LogP contribution in [0.15, 0.2) is 18.2 Å². The predicted molar refractivity (Wildman–Crippen MR) is 49.9 cm³/mol. The molecule has 1 aliphatic rings. The fourth-order valence-electron chi connectivity index (χ4n) is 1.40. The average molecular weight is 198 g/mol. The monoisotopic (exact) mass is 197 g/mol. The van der Waals surface area contributed by atoms with Crippen LogP contribution in [0.25, 0.3) is 0 Å². The maximum absolute atomic E-state index is 11.0. The Morgan fingerprint density at radius 3 is 3.00 bits per heavy atom. The number of carbonyl (C=O) groups is 1. The third-order valence-corrected chi connectivity index (χ3v) is 2.24. The molecule has 4 heteroatoms. The van der Waals surface area contributed by atoms with Crippen LogP contribution in [0.4, 0.5) is 5.69 Å². The van der Waals surface area contributed by atoms with E-state index in [4.69, 9.17) is 11.9 Å². The molecule has 0 spiro atoms. The van der Waals surface area contributed by atoms with Crippen molar-refractivity contribution in [3.8, 4) is 5.75 Å². The number of anilines is 1. The molecule has 0 aliphatic carbocycles. The highest BCUT2D eigenvalue weighted by Gasteiger charge is 2.14. The minimum Gasteiger partial charge on any atom is -0.386 e. The molecule has 0 aromatic heterocycles. The van der Waals surface area contributed by atoms with Gasteiger partial charge in [-0.15, -0.1) is 0 Å². The Bertz CT molecular complexity index is 351. The van der Waals surface area contributed by atoms with Gasteiger partial charge in [0, 0.05) is 18.2 Å². The van der Waals surface area contributed by atoms with E-state index in [1.54, 1.807) is 12.1 Å². The Morgan fingerprint density at radius 1 is 1.38 bits per heavy atom. The number of benzene rings is 1. The summed E-state index contributed by atoms with van der Waals surface area (Å²) in [6.07, 6.45) is 1.33. The molecule has 1 aromatic rings. The van der Waals surface area contributed by atoms with Crippen LogP contribution in [-0.4, -0.2) is 5.91 Å². The molecule has 1 aliphatic heterocycles. The fourth-order valence-corrected chi connectivity index (χ4v) is 1.49. The maximum atomic E-state index is 11.0. The van der Waals surface area contributed by atoms with Gasteiger partial charge in [-0.3, -0.25) is 4.79 Å². The number of nitrogens with one attached hydrogen (secondary N) is 1. The van der Waals surface area contributed by atoms with Gasteiger partial charge in [0.25, 0.3) is 0 Å². The Balaban J connectivity index is 2.38. The van der Waals surface area contributed by atoms with Crippen molar-refractivity contribution in [2.75, 3.05) is 5.32 Å². The summed E-state index contributed by atoms with van der Waals surface area (Å²) < 4.78 is 4.54. The zero-order valence-corrected chi connectivity index (χ0v) is 7.60. The molecule has 0 unspecified atom stereocenters. The van der Waals surface area contributed by atoms with Crippen molar-refractivity contribution in [1.82, 2.24) is 0 Å². The van der Waals surface area contributed by atoms with E-state index in [0.717, 1.165) is 17.7 Å². The molecule has 13 heavy (non-hydrogen) atoms. The largest absolute Gasteiger partial charge is 0.386 e. The van der Waals surface area contributed by atoms with E-state index in [2.05, 4.69) is 9.61 Å². The van der Waals surface area contributed by atoms with Gasteiger partial charge in [0.1, 0.15) is 17.6 Å². The lowest BCUT2D eigenvalue weighted by atomic mass is 10.0. The highest BCUT2D eigenvalue weighted by Crippen LogP contribution is 2.27. The van der Waals surface area contributed by atoms with Crippen LogP contribution in [0.1, 0.15) is 12.0 Å². The highest BCUT2D eigenvalue weighted by molar-refractivity contribution is 6.09. The van der Waals surface area contributed by atoms with Gasteiger partial charge in [0.05, 0.1) is 0 Å². The molecule has 1 N–H and O–H groups in total. The second kappa shape index (κ2) is 3.26. The van der Waals surface area contributed by atoms with Crippen molar-refractivity contribution in [2.45, 2.75) is 12.8 Å². The van der Waals surface area contributed by atoms with Crippen molar-refractivity contribution < 1.29 is 9.08 Å². The summed E-state index contributed by atoms with van der Waals surface area (Å²) >= 11 is 5.19. The third kappa shape index (κ3) is 1.60. The molecule has 2 rings (SSSR count). The van der Waals surface area contributed by atoms with Gasteiger partial charge in [-0.1, -0.05) is 6.07 Å². The SMILES string of the molecule is O=C1CCc2ccc(OCl)cc2N1. The fraction of sp³-hybridized carbons (Fsp3) is 0.222. The van der Waals surface area contributed by atoms with E-state index in [-0.39, 0.29) is 5.91 Å². The minimum atomic E-state index is 0.0409.